The minimum Gasteiger partial charge on any atom is -0.481 e. The predicted molar refractivity (Wildman–Crippen MR) is 162 cm³/mol. The molecule has 0 fully saturated rings. The first-order valence-corrected chi connectivity index (χ1v) is 13.6. The number of rotatable bonds is 7. The topological polar surface area (TPSA) is 85.6 Å². The highest BCUT2D eigenvalue weighted by Gasteiger charge is 2.14. The fourth-order valence-electron chi connectivity index (χ4n) is 3.89. The van der Waals surface area contributed by atoms with Crippen LogP contribution >= 0.6 is 31.9 Å². The molecule has 0 unspecified atom stereocenters. The molecule has 5 aromatic rings. The van der Waals surface area contributed by atoms with Gasteiger partial charge < -0.3 is 10.1 Å². The Labute approximate surface area is 241 Å². The number of para-hydroxylation sites is 1. The number of hydrogen-bond donors (Lipinski definition) is 1. The van der Waals surface area contributed by atoms with Gasteiger partial charge in [0.1, 0.15) is 5.75 Å². The molecule has 0 saturated heterocycles. The first-order valence-electron chi connectivity index (χ1n) is 12.0. The standard InChI is InChI=1S/C30H22Br2N4O3/c1-19-11-13-22(14-12-19)34-27(37)18-39-28-24(31)15-20(16-25(28)32)17-33-36-29(21-7-3-2-4-8-21)35-26-10-6-5-9-23(26)30(36)38/h2-17H,18H2,1H3,(H,34,37). The van der Waals surface area contributed by atoms with Gasteiger partial charge in [-0.2, -0.15) is 9.78 Å². The zero-order valence-corrected chi connectivity index (χ0v) is 23.9. The zero-order valence-electron chi connectivity index (χ0n) is 20.8. The highest BCUT2D eigenvalue weighted by Crippen LogP contribution is 2.34. The number of ether oxygens (including phenoxy) is 1. The van der Waals surface area contributed by atoms with Crippen LogP contribution in [-0.2, 0) is 4.79 Å². The van der Waals surface area contributed by atoms with Crippen LogP contribution in [0.25, 0.3) is 22.3 Å². The Hall–Kier alpha value is -4.08. The number of benzene rings is 4. The maximum absolute atomic E-state index is 13.4. The Morgan fingerprint density at radius 2 is 1.64 bits per heavy atom. The summed E-state index contributed by atoms with van der Waals surface area (Å²) in [7, 11) is 0. The van der Waals surface area contributed by atoms with Crippen LogP contribution in [-0.4, -0.2) is 28.4 Å². The van der Waals surface area contributed by atoms with E-state index in [4.69, 9.17) is 9.72 Å². The summed E-state index contributed by atoms with van der Waals surface area (Å²) in [5, 5.41) is 7.80. The maximum atomic E-state index is 13.4. The summed E-state index contributed by atoms with van der Waals surface area (Å²) in [4.78, 5) is 30.4. The lowest BCUT2D eigenvalue weighted by Gasteiger charge is -2.12. The molecule has 7 nitrogen and oxygen atoms in total. The molecule has 0 atom stereocenters. The molecule has 0 bridgehead atoms. The van der Waals surface area contributed by atoms with Crippen molar-refractivity contribution >= 4 is 60.6 Å². The van der Waals surface area contributed by atoms with E-state index in [1.54, 1.807) is 30.5 Å². The average Bonchev–Trinajstić information content (AvgIpc) is 2.94. The Morgan fingerprint density at radius 3 is 2.36 bits per heavy atom. The third kappa shape index (κ3) is 6.16. The van der Waals surface area contributed by atoms with Crippen LogP contribution in [0.1, 0.15) is 11.1 Å². The monoisotopic (exact) mass is 644 g/mol. The van der Waals surface area contributed by atoms with Gasteiger partial charge in [0.25, 0.3) is 11.5 Å². The van der Waals surface area contributed by atoms with E-state index in [-0.39, 0.29) is 18.1 Å². The van der Waals surface area contributed by atoms with Crippen molar-refractivity contribution in [1.82, 2.24) is 9.66 Å². The number of hydrogen-bond acceptors (Lipinski definition) is 5. The fourth-order valence-corrected chi connectivity index (χ4v) is 5.34. The number of nitrogens with zero attached hydrogens (tertiary/aromatic N) is 3. The van der Waals surface area contributed by atoms with Gasteiger partial charge in [-0.05, 0) is 80.7 Å². The van der Waals surface area contributed by atoms with Gasteiger partial charge in [-0.1, -0.05) is 60.2 Å². The van der Waals surface area contributed by atoms with Crippen molar-refractivity contribution < 1.29 is 9.53 Å². The van der Waals surface area contributed by atoms with E-state index in [1.165, 1.54) is 4.68 Å². The second kappa shape index (κ2) is 11.8. The van der Waals surface area contributed by atoms with Crippen LogP contribution in [0.5, 0.6) is 5.75 Å². The molecule has 39 heavy (non-hydrogen) atoms. The lowest BCUT2D eigenvalue weighted by Crippen LogP contribution is -2.20. The number of carbonyl (C=O) groups is 1. The van der Waals surface area contributed by atoms with Crippen molar-refractivity contribution in [1.29, 1.82) is 0 Å². The second-order valence-electron chi connectivity index (χ2n) is 8.70. The van der Waals surface area contributed by atoms with E-state index in [0.717, 1.165) is 11.1 Å². The Balaban J connectivity index is 1.39. The van der Waals surface area contributed by atoms with E-state index < -0.39 is 0 Å². The van der Waals surface area contributed by atoms with E-state index in [0.29, 0.717) is 42.7 Å². The van der Waals surface area contributed by atoms with Crippen molar-refractivity contribution in [2.75, 3.05) is 11.9 Å². The molecule has 0 aliphatic rings. The molecule has 1 aromatic heterocycles. The van der Waals surface area contributed by atoms with E-state index in [1.807, 2.05) is 73.7 Å². The van der Waals surface area contributed by atoms with Crippen LogP contribution < -0.4 is 15.6 Å². The Kier molecular flexibility index (Phi) is 7.99. The molecule has 4 aromatic carbocycles. The zero-order chi connectivity index (χ0) is 27.4. The van der Waals surface area contributed by atoms with Gasteiger partial charge in [0, 0.05) is 11.3 Å². The van der Waals surface area contributed by atoms with Crippen LogP contribution in [0.15, 0.2) is 110 Å². The molecule has 5 rings (SSSR count). The molecule has 9 heteroatoms. The number of aromatic nitrogens is 2. The molecule has 0 radical (unpaired) electrons. The average molecular weight is 646 g/mol. The van der Waals surface area contributed by atoms with Crippen molar-refractivity contribution in [3.63, 3.8) is 0 Å². The largest absolute Gasteiger partial charge is 0.481 e. The summed E-state index contributed by atoms with van der Waals surface area (Å²) in [5.41, 5.74) is 3.61. The molecule has 0 saturated carbocycles. The molecule has 1 heterocycles. The molecule has 0 aliphatic heterocycles. The summed E-state index contributed by atoms with van der Waals surface area (Å²) in [6.45, 7) is 1.81. The van der Waals surface area contributed by atoms with Gasteiger partial charge in [0.2, 0.25) is 0 Å². The maximum Gasteiger partial charge on any atom is 0.282 e. The molecule has 194 valence electrons. The number of carbonyl (C=O) groups excluding carboxylic acids is 1. The highest BCUT2D eigenvalue weighted by atomic mass is 79.9. The predicted octanol–water partition coefficient (Wildman–Crippen LogP) is 6.80. The van der Waals surface area contributed by atoms with Gasteiger partial charge in [0.05, 0.1) is 26.1 Å². The summed E-state index contributed by atoms with van der Waals surface area (Å²) in [6.07, 6.45) is 1.58. The number of fused-ring (bicyclic) bond motifs is 1. The lowest BCUT2D eigenvalue weighted by molar-refractivity contribution is -0.118. The Bertz CT molecular complexity index is 1730. The summed E-state index contributed by atoms with van der Waals surface area (Å²) in [5.74, 6) is 0.633. The first-order chi connectivity index (χ1) is 18.9. The van der Waals surface area contributed by atoms with Crippen molar-refractivity contribution in [3.8, 4) is 17.1 Å². The lowest BCUT2D eigenvalue weighted by atomic mass is 10.2. The highest BCUT2D eigenvalue weighted by molar-refractivity contribution is 9.11. The summed E-state index contributed by atoms with van der Waals surface area (Å²) in [6, 6.07) is 27.8. The molecule has 1 amide bonds. The van der Waals surface area contributed by atoms with Gasteiger partial charge in [0.15, 0.2) is 12.4 Å². The minimum atomic E-state index is -0.278. The third-order valence-electron chi connectivity index (χ3n) is 5.81. The second-order valence-corrected chi connectivity index (χ2v) is 10.4. The quantitative estimate of drug-likeness (QED) is 0.197. The molecule has 0 spiro atoms. The smallest absolute Gasteiger partial charge is 0.282 e. The number of aryl methyl sites for hydroxylation is 1. The number of amides is 1. The molecule has 1 N–H and O–H groups in total. The van der Waals surface area contributed by atoms with E-state index in [2.05, 4.69) is 42.3 Å². The third-order valence-corrected chi connectivity index (χ3v) is 6.99. The van der Waals surface area contributed by atoms with Crippen LogP contribution in [0.2, 0.25) is 0 Å². The van der Waals surface area contributed by atoms with Crippen molar-refractivity contribution in [2.24, 2.45) is 5.10 Å². The van der Waals surface area contributed by atoms with Crippen LogP contribution in [0, 0.1) is 6.92 Å². The summed E-state index contributed by atoms with van der Waals surface area (Å²) >= 11 is 7.04. The van der Waals surface area contributed by atoms with Crippen LogP contribution in [0.4, 0.5) is 5.69 Å². The van der Waals surface area contributed by atoms with Crippen molar-refractivity contribution in [2.45, 2.75) is 6.92 Å². The van der Waals surface area contributed by atoms with Gasteiger partial charge >= 0.3 is 0 Å². The SMILES string of the molecule is Cc1ccc(NC(=O)COc2c(Br)cc(C=Nn3c(-c4ccccc4)nc4ccccc4c3=O)cc2Br)cc1. The summed E-state index contributed by atoms with van der Waals surface area (Å²) < 4.78 is 8.32. The Morgan fingerprint density at radius 1 is 0.974 bits per heavy atom. The molecule has 0 aliphatic carbocycles. The van der Waals surface area contributed by atoms with E-state index >= 15 is 0 Å². The van der Waals surface area contributed by atoms with E-state index in [9.17, 15) is 9.59 Å². The van der Waals surface area contributed by atoms with Gasteiger partial charge in [-0.25, -0.2) is 4.98 Å². The van der Waals surface area contributed by atoms with Crippen molar-refractivity contribution in [3.05, 3.63) is 121 Å². The molecular formula is C30H22Br2N4O3. The number of nitrogens with one attached hydrogen (secondary N) is 1. The van der Waals surface area contributed by atoms with Gasteiger partial charge in [-0.15, -0.1) is 0 Å². The number of anilines is 1. The molecular weight excluding hydrogens is 624 g/mol. The van der Waals surface area contributed by atoms with Crippen LogP contribution in [0.3, 0.4) is 0 Å². The first kappa shape index (κ1) is 26.5. The number of halogens is 2. The van der Waals surface area contributed by atoms with Gasteiger partial charge in [-0.3, -0.25) is 9.59 Å². The minimum absolute atomic E-state index is 0.170. The normalized spacial score (nSPS) is 11.2. The fraction of sp³-hybridized carbons (Fsp3) is 0.0667.